The van der Waals surface area contributed by atoms with Gasteiger partial charge in [0.15, 0.2) is 0 Å². The second-order valence-electron chi connectivity index (χ2n) is 14.2. The summed E-state index contributed by atoms with van der Waals surface area (Å²) in [4.78, 5) is 0. The zero-order chi connectivity index (χ0) is 37.9. The van der Waals surface area contributed by atoms with Crippen LogP contribution in [0, 0.1) is 0 Å². The number of benzene rings is 4. The first-order valence-electron chi connectivity index (χ1n) is 18.4. The van der Waals surface area contributed by atoms with Crippen LogP contribution >= 0.6 is 15.6 Å². The molecule has 9 nitrogen and oxygen atoms in total. The number of phosphoric ester groups is 2. The first kappa shape index (κ1) is 42.8. The standard InChI is InChI=1S/C42H56O9P2/c1-41(2,50-52(43,46-33-37-21-9-5-10-22-37)47-34-38-23-11-6-12-24-38)29-17-19-31-45-32-20-18-30-42(3,4)51-53(44,48-35-39-25-13-7-14-26-39)49-36-40-27-15-8-16-28-40/h5-16,21-28H,17-20,29-36H2,1-4H3. The van der Waals surface area contributed by atoms with Crippen molar-refractivity contribution in [3.8, 4) is 0 Å². The lowest BCUT2D eigenvalue weighted by Crippen LogP contribution is -2.24. The molecule has 4 aromatic rings. The van der Waals surface area contributed by atoms with E-state index in [-0.39, 0.29) is 26.4 Å². The topological polar surface area (TPSA) is 98.8 Å². The number of ether oxygens (including phenoxy) is 1. The van der Waals surface area contributed by atoms with E-state index in [1.54, 1.807) is 0 Å². The maximum atomic E-state index is 13.8. The third-order valence-corrected chi connectivity index (χ3v) is 11.5. The predicted molar refractivity (Wildman–Crippen MR) is 209 cm³/mol. The van der Waals surface area contributed by atoms with Crippen LogP contribution in [0.2, 0.25) is 0 Å². The van der Waals surface area contributed by atoms with Crippen molar-refractivity contribution in [3.05, 3.63) is 144 Å². The molecule has 0 atom stereocenters. The van der Waals surface area contributed by atoms with Gasteiger partial charge in [-0.05, 0) is 88.5 Å². The summed E-state index contributed by atoms with van der Waals surface area (Å²) in [6.07, 6.45) is 4.56. The van der Waals surface area contributed by atoms with Crippen molar-refractivity contribution in [2.75, 3.05) is 13.2 Å². The molecule has 11 heteroatoms. The summed E-state index contributed by atoms with van der Waals surface area (Å²) in [5.41, 5.74) is 2.03. The Bertz CT molecular complexity index is 1450. The highest BCUT2D eigenvalue weighted by atomic mass is 31.2. The maximum absolute atomic E-state index is 13.8. The number of rotatable bonds is 26. The van der Waals surface area contributed by atoms with Crippen LogP contribution < -0.4 is 0 Å². The number of unbranched alkanes of at least 4 members (excludes halogenated alkanes) is 2. The first-order valence-corrected chi connectivity index (χ1v) is 21.3. The van der Waals surface area contributed by atoms with Gasteiger partial charge in [0.1, 0.15) is 0 Å². The molecule has 0 aliphatic heterocycles. The summed E-state index contributed by atoms with van der Waals surface area (Å²) in [6, 6.07) is 38.2. The fourth-order valence-corrected chi connectivity index (χ4v) is 8.38. The van der Waals surface area contributed by atoms with Crippen LogP contribution in [-0.4, -0.2) is 24.4 Å². The molecule has 0 saturated carbocycles. The van der Waals surface area contributed by atoms with E-state index >= 15 is 0 Å². The monoisotopic (exact) mass is 766 g/mol. The van der Waals surface area contributed by atoms with E-state index in [0.717, 1.165) is 47.9 Å². The molecular weight excluding hydrogens is 710 g/mol. The average molecular weight is 767 g/mol. The number of hydrogen-bond donors (Lipinski definition) is 0. The smallest absolute Gasteiger partial charge is 0.381 e. The molecular formula is C42H56O9P2. The third kappa shape index (κ3) is 17.4. The van der Waals surface area contributed by atoms with Gasteiger partial charge in [-0.2, -0.15) is 0 Å². The largest absolute Gasteiger partial charge is 0.475 e. The molecule has 288 valence electrons. The highest BCUT2D eigenvalue weighted by Crippen LogP contribution is 2.55. The number of hydrogen-bond acceptors (Lipinski definition) is 9. The van der Waals surface area contributed by atoms with Crippen molar-refractivity contribution in [1.82, 2.24) is 0 Å². The quantitative estimate of drug-likeness (QED) is 0.0457. The molecule has 0 heterocycles. The zero-order valence-electron chi connectivity index (χ0n) is 31.6. The Morgan fingerprint density at radius 1 is 0.415 bits per heavy atom. The Balaban J connectivity index is 1.16. The van der Waals surface area contributed by atoms with Gasteiger partial charge in [-0.15, -0.1) is 0 Å². The van der Waals surface area contributed by atoms with Gasteiger partial charge in [-0.25, -0.2) is 9.13 Å². The summed E-state index contributed by atoms with van der Waals surface area (Å²) in [5, 5.41) is 0. The van der Waals surface area contributed by atoms with Gasteiger partial charge in [0.05, 0.1) is 37.6 Å². The van der Waals surface area contributed by atoms with E-state index in [4.69, 9.17) is 31.9 Å². The normalized spacial score (nSPS) is 12.6. The molecule has 53 heavy (non-hydrogen) atoms. The minimum atomic E-state index is -3.88. The van der Waals surface area contributed by atoms with E-state index in [0.29, 0.717) is 26.1 Å². The zero-order valence-corrected chi connectivity index (χ0v) is 33.4. The van der Waals surface area contributed by atoms with E-state index in [1.165, 1.54) is 0 Å². The fraction of sp³-hybridized carbons (Fsp3) is 0.429. The first-order chi connectivity index (χ1) is 25.4. The van der Waals surface area contributed by atoms with Crippen molar-refractivity contribution in [2.24, 2.45) is 0 Å². The molecule has 0 amide bonds. The molecule has 0 aliphatic rings. The Hall–Kier alpha value is -2.94. The van der Waals surface area contributed by atoms with Crippen molar-refractivity contribution < 1.29 is 41.0 Å². The summed E-state index contributed by atoms with van der Waals surface area (Å²) >= 11 is 0. The minimum absolute atomic E-state index is 0.115. The van der Waals surface area contributed by atoms with E-state index in [2.05, 4.69) is 0 Å². The lowest BCUT2D eigenvalue weighted by molar-refractivity contribution is 0.0180. The molecule has 0 N–H and O–H groups in total. The van der Waals surface area contributed by atoms with Gasteiger partial charge in [-0.3, -0.25) is 27.1 Å². The molecule has 0 aromatic heterocycles. The highest BCUT2D eigenvalue weighted by Gasteiger charge is 2.36. The lowest BCUT2D eigenvalue weighted by atomic mass is 10.0. The van der Waals surface area contributed by atoms with Gasteiger partial charge < -0.3 is 4.74 Å². The third-order valence-electron chi connectivity index (χ3n) is 8.28. The van der Waals surface area contributed by atoms with Crippen LogP contribution in [-0.2, 0) is 67.4 Å². The molecule has 0 spiro atoms. The van der Waals surface area contributed by atoms with Gasteiger partial charge >= 0.3 is 15.6 Å². The average Bonchev–Trinajstić information content (AvgIpc) is 3.15. The van der Waals surface area contributed by atoms with Gasteiger partial charge in [0, 0.05) is 13.2 Å². The minimum Gasteiger partial charge on any atom is -0.381 e. The Labute approximate surface area is 316 Å². The summed E-state index contributed by atoms with van der Waals surface area (Å²) in [7, 11) is -7.77. The van der Waals surface area contributed by atoms with Crippen LogP contribution in [0.4, 0.5) is 0 Å². The van der Waals surface area contributed by atoms with Crippen LogP contribution in [0.15, 0.2) is 121 Å². The van der Waals surface area contributed by atoms with E-state index < -0.39 is 26.8 Å². The van der Waals surface area contributed by atoms with Gasteiger partial charge in [0.2, 0.25) is 0 Å². The Morgan fingerprint density at radius 2 is 0.679 bits per heavy atom. The van der Waals surface area contributed by atoms with Crippen LogP contribution in [0.1, 0.15) is 88.5 Å². The molecule has 4 rings (SSSR count). The fourth-order valence-electron chi connectivity index (χ4n) is 5.40. The van der Waals surface area contributed by atoms with Gasteiger partial charge in [-0.1, -0.05) is 121 Å². The summed E-state index contributed by atoms with van der Waals surface area (Å²) in [6.45, 7) is 9.26. The van der Waals surface area contributed by atoms with Crippen LogP contribution in [0.25, 0.3) is 0 Å². The van der Waals surface area contributed by atoms with Crippen LogP contribution in [0.5, 0.6) is 0 Å². The SMILES string of the molecule is CC(C)(CCCCOCCCCC(C)(C)OP(=O)(OCc1ccccc1)OCc1ccccc1)OP(=O)(OCc1ccccc1)OCc1ccccc1. The van der Waals surface area contributed by atoms with Crippen LogP contribution in [0.3, 0.4) is 0 Å². The predicted octanol–water partition coefficient (Wildman–Crippen LogP) is 12.0. The maximum Gasteiger partial charge on any atom is 0.475 e. The highest BCUT2D eigenvalue weighted by molar-refractivity contribution is 7.48. The Kier molecular flexibility index (Phi) is 17.6. The van der Waals surface area contributed by atoms with E-state index in [1.807, 2.05) is 149 Å². The molecule has 0 aliphatic carbocycles. The molecule has 0 fully saturated rings. The molecule has 0 unspecified atom stereocenters. The second-order valence-corrected chi connectivity index (χ2v) is 17.3. The number of phosphoric acid groups is 2. The molecule has 0 saturated heterocycles. The summed E-state index contributed by atoms with van der Waals surface area (Å²) < 4.78 is 69.0. The van der Waals surface area contributed by atoms with Gasteiger partial charge in [0.25, 0.3) is 0 Å². The second kappa shape index (κ2) is 21.8. The Morgan fingerprint density at radius 3 is 0.943 bits per heavy atom. The van der Waals surface area contributed by atoms with E-state index in [9.17, 15) is 9.13 Å². The van der Waals surface area contributed by atoms with Crippen molar-refractivity contribution in [1.29, 1.82) is 0 Å². The summed E-state index contributed by atoms with van der Waals surface area (Å²) in [5.74, 6) is 0. The lowest BCUT2D eigenvalue weighted by Gasteiger charge is -2.29. The van der Waals surface area contributed by atoms with Crippen molar-refractivity contribution >= 4 is 15.6 Å². The van der Waals surface area contributed by atoms with Crippen molar-refractivity contribution in [2.45, 2.75) is 104 Å². The molecule has 0 bridgehead atoms. The van der Waals surface area contributed by atoms with Crippen molar-refractivity contribution in [3.63, 3.8) is 0 Å². The molecule has 4 aromatic carbocycles. The molecule has 0 radical (unpaired) electrons.